The summed E-state index contributed by atoms with van der Waals surface area (Å²) in [5.41, 5.74) is 2.11. The Kier molecular flexibility index (Phi) is 12.3. The zero-order chi connectivity index (χ0) is 26.4. The van der Waals surface area contributed by atoms with Crippen molar-refractivity contribution in [2.75, 3.05) is 32.7 Å². The van der Waals surface area contributed by atoms with Crippen LogP contribution in [0.2, 0.25) is 0 Å². The maximum Gasteiger partial charge on any atom is 0.344 e. The molecule has 0 unspecified atom stereocenters. The molecule has 0 amide bonds. The van der Waals surface area contributed by atoms with E-state index in [0.29, 0.717) is 22.3 Å². The van der Waals surface area contributed by atoms with Crippen LogP contribution in [0.15, 0.2) is 48.5 Å². The van der Waals surface area contributed by atoms with Crippen LogP contribution in [-0.2, 0) is 45.8 Å². The van der Waals surface area contributed by atoms with Crippen molar-refractivity contribution in [3.05, 3.63) is 70.8 Å². The fourth-order valence-electron chi connectivity index (χ4n) is 2.88. The van der Waals surface area contributed by atoms with Crippen molar-refractivity contribution in [1.29, 1.82) is 0 Å². The average Bonchev–Trinajstić information content (AvgIpc) is 2.87. The Morgan fingerprint density at radius 2 is 1.11 bits per heavy atom. The molecule has 0 fully saturated rings. The minimum atomic E-state index is -3.71. The fraction of sp³-hybridized carbons (Fsp3) is 0.400. The second-order valence-electron chi connectivity index (χ2n) is 7.38. The van der Waals surface area contributed by atoms with Gasteiger partial charge in [0.15, 0.2) is 0 Å². The SMILES string of the molecule is CCOC(=O)CNCP(=O)(OCc1ccc(C(=O)OCC)cc1)OCc1ccc(C(=O)OCC)cc1. The summed E-state index contributed by atoms with van der Waals surface area (Å²) in [5, 5.41) is 2.75. The Morgan fingerprint density at radius 3 is 1.50 bits per heavy atom. The van der Waals surface area contributed by atoms with Gasteiger partial charge in [0, 0.05) is 0 Å². The van der Waals surface area contributed by atoms with Gasteiger partial charge in [-0.15, -0.1) is 0 Å². The minimum Gasteiger partial charge on any atom is -0.465 e. The van der Waals surface area contributed by atoms with E-state index in [4.69, 9.17) is 23.3 Å². The molecule has 0 aliphatic rings. The fourth-order valence-corrected chi connectivity index (χ4v) is 4.22. The highest BCUT2D eigenvalue weighted by Gasteiger charge is 2.25. The first-order chi connectivity index (χ1) is 17.3. The van der Waals surface area contributed by atoms with Gasteiger partial charge in [-0.3, -0.25) is 14.7 Å². The topological polar surface area (TPSA) is 126 Å². The molecule has 36 heavy (non-hydrogen) atoms. The molecular weight excluding hydrogens is 489 g/mol. The van der Waals surface area contributed by atoms with E-state index in [2.05, 4.69) is 5.32 Å². The van der Waals surface area contributed by atoms with Gasteiger partial charge >= 0.3 is 25.5 Å². The maximum absolute atomic E-state index is 13.4. The Bertz CT molecular complexity index is 969. The molecule has 11 heteroatoms. The molecule has 0 spiro atoms. The van der Waals surface area contributed by atoms with Crippen molar-refractivity contribution in [1.82, 2.24) is 5.32 Å². The largest absolute Gasteiger partial charge is 0.465 e. The second-order valence-corrected chi connectivity index (χ2v) is 9.44. The van der Waals surface area contributed by atoms with Crippen molar-refractivity contribution in [2.24, 2.45) is 0 Å². The van der Waals surface area contributed by atoms with Crippen LogP contribution >= 0.6 is 7.60 Å². The number of carbonyl (C=O) groups is 3. The first kappa shape index (κ1) is 29.2. The number of esters is 3. The zero-order valence-electron chi connectivity index (χ0n) is 20.7. The highest BCUT2D eigenvalue weighted by Crippen LogP contribution is 2.48. The summed E-state index contributed by atoms with van der Waals surface area (Å²) in [6.45, 7) is 5.65. The van der Waals surface area contributed by atoms with Crippen LogP contribution in [0.25, 0.3) is 0 Å². The lowest BCUT2D eigenvalue weighted by atomic mass is 10.1. The molecule has 0 aliphatic carbocycles. The van der Waals surface area contributed by atoms with Crippen molar-refractivity contribution < 1.29 is 42.2 Å². The van der Waals surface area contributed by atoms with Crippen LogP contribution in [0, 0.1) is 0 Å². The van der Waals surface area contributed by atoms with Gasteiger partial charge in [-0.05, 0) is 56.2 Å². The molecule has 2 aromatic rings. The highest BCUT2D eigenvalue weighted by atomic mass is 31.2. The molecule has 0 bridgehead atoms. The van der Waals surface area contributed by atoms with Crippen LogP contribution in [0.5, 0.6) is 0 Å². The lowest BCUT2D eigenvalue weighted by Crippen LogP contribution is -2.26. The van der Waals surface area contributed by atoms with E-state index in [9.17, 15) is 18.9 Å². The molecule has 2 rings (SSSR count). The van der Waals surface area contributed by atoms with Crippen molar-refractivity contribution in [2.45, 2.75) is 34.0 Å². The minimum absolute atomic E-state index is 0.0523. The third-order valence-electron chi connectivity index (χ3n) is 4.67. The number of benzene rings is 2. The molecule has 1 N–H and O–H groups in total. The van der Waals surface area contributed by atoms with E-state index in [-0.39, 0.29) is 45.9 Å². The summed E-state index contributed by atoms with van der Waals surface area (Å²) in [4.78, 5) is 35.3. The third kappa shape index (κ3) is 9.91. The number of hydrogen-bond donors (Lipinski definition) is 1. The molecule has 0 aromatic heterocycles. The Labute approximate surface area is 210 Å². The van der Waals surface area contributed by atoms with E-state index < -0.39 is 25.5 Å². The van der Waals surface area contributed by atoms with E-state index >= 15 is 0 Å². The number of ether oxygens (including phenoxy) is 3. The summed E-state index contributed by atoms with van der Waals surface area (Å²) < 4.78 is 39.5. The first-order valence-electron chi connectivity index (χ1n) is 11.6. The molecule has 0 radical (unpaired) electrons. The summed E-state index contributed by atoms with van der Waals surface area (Å²) in [7, 11) is -3.71. The lowest BCUT2D eigenvalue weighted by Gasteiger charge is -2.19. The molecule has 196 valence electrons. The highest BCUT2D eigenvalue weighted by molar-refractivity contribution is 7.53. The molecule has 10 nitrogen and oxygen atoms in total. The molecule has 0 saturated heterocycles. The van der Waals surface area contributed by atoms with E-state index in [1.807, 2.05) is 0 Å². The standard InChI is InChI=1S/C25H32NO9P/c1-4-31-23(27)15-26-18-36(30,34-16-19-7-11-21(12-8-19)24(28)32-5-2)35-17-20-9-13-22(14-10-20)25(29)33-6-3/h7-14,26H,4-6,15-18H2,1-3H3. The summed E-state index contributed by atoms with van der Waals surface area (Å²) in [6.07, 6.45) is -0.229. The van der Waals surface area contributed by atoms with Gasteiger partial charge in [-0.2, -0.15) is 0 Å². The Morgan fingerprint density at radius 1 is 0.694 bits per heavy atom. The normalized spacial score (nSPS) is 11.1. The van der Waals surface area contributed by atoms with Crippen LogP contribution < -0.4 is 5.32 Å². The van der Waals surface area contributed by atoms with Gasteiger partial charge in [0.1, 0.15) is 0 Å². The van der Waals surface area contributed by atoms with Crippen LogP contribution in [0.3, 0.4) is 0 Å². The van der Waals surface area contributed by atoms with Crippen molar-refractivity contribution in [3.8, 4) is 0 Å². The van der Waals surface area contributed by atoms with Gasteiger partial charge in [-0.1, -0.05) is 24.3 Å². The smallest absolute Gasteiger partial charge is 0.344 e. The van der Waals surface area contributed by atoms with Gasteiger partial charge in [0.05, 0.1) is 57.0 Å². The molecule has 0 aliphatic heterocycles. The van der Waals surface area contributed by atoms with Gasteiger partial charge in [0.25, 0.3) is 0 Å². The van der Waals surface area contributed by atoms with Crippen molar-refractivity contribution in [3.63, 3.8) is 0 Å². The quantitative estimate of drug-likeness (QED) is 0.208. The average molecular weight is 522 g/mol. The Balaban J connectivity index is 2.03. The van der Waals surface area contributed by atoms with Crippen molar-refractivity contribution >= 4 is 25.5 Å². The van der Waals surface area contributed by atoms with E-state index in [1.165, 1.54) is 0 Å². The van der Waals surface area contributed by atoms with Gasteiger partial charge in [0.2, 0.25) is 0 Å². The Hall–Kier alpha value is -3.04. The van der Waals surface area contributed by atoms with Crippen LogP contribution in [0.4, 0.5) is 0 Å². The summed E-state index contributed by atoms with van der Waals surface area (Å²) in [5.74, 6) is -1.36. The van der Waals surface area contributed by atoms with Crippen LogP contribution in [-0.4, -0.2) is 50.6 Å². The molecule has 0 atom stereocenters. The number of carbonyl (C=O) groups excluding carboxylic acids is 3. The first-order valence-corrected chi connectivity index (χ1v) is 13.3. The lowest BCUT2D eigenvalue weighted by molar-refractivity contribution is -0.141. The molecule has 0 saturated carbocycles. The van der Waals surface area contributed by atoms with E-state index in [1.54, 1.807) is 69.3 Å². The molecule has 2 aromatic carbocycles. The monoisotopic (exact) mass is 521 g/mol. The maximum atomic E-state index is 13.4. The zero-order valence-corrected chi connectivity index (χ0v) is 21.6. The third-order valence-corrected chi connectivity index (χ3v) is 6.32. The molecular formula is C25H32NO9P. The number of rotatable bonds is 15. The predicted octanol–water partition coefficient (Wildman–Crippen LogP) is 4.08. The summed E-state index contributed by atoms with van der Waals surface area (Å²) >= 11 is 0. The van der Waals surface area contributed by atoms with Gasteiger partial charge < -0.3 is 23.3 Å². The van der Waals surface area contributed by atoms with Gasteiger partial charge in [-0.25, -0.2) is 9.59 Å². The van der Waals surface area contributed by atoms with Crippen LogP contribution in [0.1, 0.15) is 52.6 Å². The molecule has 0 heterocycles. The van der Waals surface area contributed by atoms with E-state index in [0.717, 1.165) is 0 Å². The second kappa shape index (κ2) is 15.2. The number of nitrogens with one attached hydrogen (secondary N) is 1. The predicted molar refractivity (Wildman–Crippen MR) is 131 cm³/mol. The number of hydrogen-bond acceptors (Lipinski definition) is 10. The summed E-state index contributed by atoms with van der Waals surface area (Å²) in [6, 6.07) is 13.0.